The van der Waals surface area contributed by atoms with Crippen molar-refractivity contribution in [2.45, 2.75) is 39.2 Å². The van der Waals surface area contributed by atoms with Crippen LogP contribution in [0, 0.1) is 13.8 Å². The van der Waals surface area contributed by atoms with Crippen LogP contribution in [0.4, 0.5) is 5.69 Å². The van der Waals surface area contributed by atoms with E-state index in [2.05, 4.69) is 10.3 Å². The SMILES string of the molecule is Cc1coc(-c2cc(NC3CCCS(=O)(=O)CC3)ccc2C)n1. The lowest BCUT2D eigenvalue weighted by atomic mass is 10.1. The van der Waals surface area contributed by atoms with E-state index in [0.29, 0.717) is 18.1 Å². The molecule has 5 nitrogen and oxygen atoms in total. The zero-order valence-electron chi connectivity index (χ0n) is 13.5. The molecule has 0 amide bonds. The third-order valence-electron chi connectivity index (χ3n) is 4.24. The Balaban J connectivity index is 1.78. The molecule has 1 saturated heterocycles. The molecule has 0 bridgehead atoms. The van der Waals surface area contributed by atoms with Crippen LogP contribution >= 0.6 is 0 Å². The number of hydrogen-bond donors (Lipinski definition) is 1. The summed E-state index contributed by atoms with van der Waals surface area (Å²) >= 11 is 0. The zero-order valence-corrected chi connectivity index (χ0v) is 14.3. The van der Waals surface area contributed by atoms with Crippen LogP contribution in [-0.2, 0) is 9.84 Å². The van der Waals surface area contributed by atoms with Gasteiger partial charge >= 0.3 is 0 Å². The van der Waals surface area contributed by atoms with E-state index in [1.165, 1.54) is 0 Å². The minimum Gasteiger partial charge on any atom is -0.444 e. The summed E-state index contributed by atoms with van der Waals surface area (Å²) in [6.45, 7) is 3.92. The molecule has 1 atom stereocenters. The normalized spacial score (nSPS) is 20.9. The highest BCUT2D eigenvalue weighted by atomic mass is 32.2. The number of oxazole rings is 1. The average Bonchev–Trinajstić information content (AvgIpc) is 2.85. The van der Waals surface area contributed by atoms with Crippen molar-refractivity contribution in [2.75, 3.05) is 16.8 Å². The third-order valence-corrected chi connectivity index (χ3v) is 6.01. The minimum atomic E-state index is -2.86. The van der Waals surface area contributed by atoms with Crippen LogP contribution in [0.3, 0.4) is 0 Å². The van der Waals surface area contributed by atoms with Gasteiger partial charge in [0.15, 0.2) is 0 Å². The van der Waals surface area contributed by atoms with E-state index in [-0.39, 0.29) is 11.8 Å². The molecule has 1 aromatic carbocycles. The lowest BCUT2D eigenvalue weighted by molar-refractivity contribution is 0.573. The molecule has 124 valence electrons. The van der Waals surface area contributed by atoms with Gasteiger partial charge in [-0.25, -0.2) is 13.4 Å². The Morgan fingerprint density at radius 1 is 1.22 bits per heavy atom. The van der Waals surface area contributed by atoms with Gasteiger partial charge in [0, 0.05) is 17.3 Å². The van der Waals surface area contributed by atoms with Crippen molar-refractivity contribution in [3.63, 3.8) is 0 Å². The molecular formula is C17H22N2O3S. The molecule has 1 fully saturated rings. The Labute approximate surface area is 137 Å². The average molecular weight is 334 g/mol. The van der Waals surface area contributed by atoms with Crippen LogP contribution in [0.2, 0.25) is 0 Å². The number of benzene rings is 1. The molecule has 0 aliphatic carbocycles. The van der Waals surface area contributed by atoms with Gasteiger partial charge in [0.25, 0.3) is 0 Å². The molecule has 1 N–H and O–H groups in total. The van der Waals surface area contributed by atoms with Crippen molar-refractivity contribution in [1.82, 2.24) is 4.98 Å². The molecule has 3 rings (SSSR count). The summed E-state index contributed by atoms with van der Waals surface area (Å²) in [5.41, 5.74) is 3.89. The topological polar surface area (TPSA) is 72.2 Å². The predicted octanol–water partition coefficient (Wildman–Crippen LogP) is 3.34. The molecule has 23 heavy (non-hydrogen) atoms. The minimum absolute atomic E-state index is 0.189. The maximum Gasteiger partial charge on any atom is 0.226 e. The standard InChI is InChI=1S/C17H22N2O3S/c1-12-5-6-15(10-16(12)17-18-13(2)11-22-17)19-14-4-3-8-23(20,21)9-7-14/h5-6,10-11,14,19H,3-4,7-9H2,1-2H3. The molecule has 2 heterocycles. The predicted molar refractivity (Wildman–Crippen MR) is 91.3 cm³/mol. The molecule has 0 radical (unpaired) electrons. The van der Waals surface area contributed by atoms with Crippen molar-refractivity contribution < 1.29 is 12.8 Å². The number of aromatic nitrogens is 1. The van der Waals surface area contributed by atoms with Gasteiger partial charge in [0.2, 0.25) is 5.89 Å². The summed E-state index contributed by atoms with van der Waals surface area (Å²) in [5.74, 6) is 1.19. The molecular weight excluding hydrogens is 312 g/mol. The van der Waals surface area contributed by atoms with Gasteiger partial charge in [-0.3, -0.25) is 0 Å². The van der Waals surface area contributed by atoms with Gasteiger partial charge < -0.3 is 9.73 Å². The second-order valence-corrected chi connectivity index (χ2v) is 8.55. The number of anilines is 1. The monoisotopic (exact) mass is 334 g/mol. The van der Waals surface area contributed by atoms with Crippen molar-refractivity contribution in [2.24, 2.45) is 0 Å². The van der Waals surface area contributed by atoms with Crippen LogP contribution in [0.5, 0.6) is 0 Å². The maximum absolute atomic E-state index is 11.7. The fourth-order valence-corrected chi connectivity index (χ4v) is 4.37. The van der Waals surface area contributed by atoms with Crippen molar-refractivity contribution >= 4 is 15.5 Å². The first-order valence-corrected chi connectivity index (χ1v) is 9.75. The number of aryl methyl sites for hydroxylation is 2. The zero-order chi connectivity index (χ0) is 16.4. The van der Waals surface area contributed by atoms with Gasteiger partial charge in [-0.15, -0.1) is 0 Å². The van der Waals surface area contributed by atoms with E-state index in [1.54, 1.807) is 6.26 Å². The molecule has 1 aliphatic heterocycles. The number of hydrogen-bond acceptors (Lipinski definition) is 5. The number of sulfone groups is 1. The highest BCUT2D eigenvalue weighted by Crippen LogP contribution is 2.27. The van der Waals surface area contributed by atoms with E-state index in [1.807, 2.05) is 32.0 Å². The van der Waals surface area contributed by atoms with Gasteiger partial charge in [0.1, 0.15) is 16.1 Å². The van der Waals surface area contributed by atoms with Gasteiger partial charge in [-0.2, -0.15) is 0 Å². The van der Waals surface area contributed by atoms with Crippen molar-refractivity contribution in [3.8, 4) is 11.5 Å². The first-order chi connectivity index (χ1) is 10.9. The summed E-state index contributed by atoms with van der Waals surface area (Å²) < 4.78 is 28.9. The molecule has 0 spiro atoms. The van der Waals surface area contributed by atoms with E-state index >= 15 is 0 Å². The molecule has 2 aromatic rings. The first-order valence-electron chi connectivity index (χ1n) is 7.93. The van der Waals surface area contributed by atoms with Crippen LogP contribution < -0.4 is 5.32 Å². The smallest absolute Gasteiger partial charge is 0.226 e. The van der Waals surface area contributed by atoms with E-state index in [0.717, 1.165) is 35.3 Å². The Bertz CT molecular complexity index is 796. The van der Waals surface area contributed by atoms with Gasteiger partial charge in [-0.1, -0.05) is 6.07 Å². The summed E-state index contributed by atoms with van der Waals surface area (Å²) in [4.78, 5) is 4.39. The molecule has 1 aromatic heterocycles. The van der Waals surface area contributed by atoms with Crippen LogP contribution in [0.1, 0.15) is 30.5 Å². The fourth-order valence-electron chi connectivity index (χ4n) is 2.92. The summed E-state index contributed by atoms with van der Waals surface area (Å²) in [7, 11) is -2.86. The summed E-state index contributed by atoms with van der Waals surface area (Å²) in [6.07, 6.45) is 3.90. The van der Waals surface area contributed by atoms with Gasteiger partial charge in [-0.05, 0) is 50.8 Å². The van der Waals surface area contributed by atoms with Gasteiger partial charge in [0.05, 0.1) is 17.2 Å². The molecule has 1 aliphatic rings. The Hall–Kier alpha value is -1.82. The highest BCUT2D eigenvalue weighted by Gasteiger charge is 2.21. The number of rotatable bonds is 3. The first kappa shape index (κ1) is 16.1. The quantitative estimate of drug-likeness (QED) is 0.932. The largest absolute Gasteiger partial charge is 0.444 e. The van der Waals surface area contributed by atoms with Crippen LogP contribution in [0.15, 0.2) is 28.9 Å². The molecule has 1 unspecified atom stereocenters. The number of nitrogens with one attached hydrogen (secondary N) is 1. The lowest BCUT2D eigenvalue weighted by Gasteiger charge is -2.18. The van der Waals surface area contributed by atoms with E-state index in [4.69, 9.17) is 4.42 Å². The van der Waals surface area contributed by atoms with Crippen LogP contribution in [0.25, 0.3) is 11.5 Å². The molecule has 0 saturated carbocycles. The Morgan fingerprint density at radius 2 is 2.04 bits per heavy atom. The third kappa shape index (κ3) is 3.93. The highest BCUT2D eigenvalue weighted by molar-refractivity contribution is 7.91. The second-order valence-electron chi connectivity index (χ2n) is 6.25. The van der Waals surface area contributed by atoms with Crippen molar-refractivity contribution in [1.29, 1.82) is 0 Å². The lowest BCUT2D eigenvalue weighted by Crippen LogP contribution is -2.20. The van der Waals surface area contributed by atoms with E-state index in [9.17, 15) is 8.42 Å². The Morgan fingerprint density at radius 3 is 2.78 bits per heavy atom. The summed E-state index contributed by atoms with van der Waals surface area (Å²) in [6, 6.07) is 6.27. The molecule has 6 heteroatoms. The Kier molecular flexibility index (Phi) is 4.43. The second kappa shape index (κ2) is 6.35. The maximum atomic E-state index is 11.7. The van der Waals surface area contributed by atoms with Crippen molar-refractivity contribution in [3.05, 3.63) is 35.7 Å². The van der Waals surface area contributed by atoms with E-state index < -0.39 is 9.84 Å². The summed E-state index contributed by atoms with van der Waals surface area (Å²) in [5, 5.41) is 3.47. The fraction of sp³-hybridized carbons (Fsp3) is 0.471. The van der Waals surface area contributed by atoms with Crippen LogP contribution in [-0.4, -0.2) is 30.9 Å². The number of nitrogens with zero attached hydrogens (tertiary/aromatic N) is 1.